The third kappa shape index (κ3) is 6.83. The fraction of sp³-hybridized carbons (Fsp3) is 0.250. The van der Waals surface area contributed by atoms with Crippen molar-refractivity contribution < 1.29 is 27.5 Å². The van der Waals surface area contributed by atoms with Crippen LogP contribution in [-0.2, 0) is 22.1 Å². The maximum atomic E-state index is 13.8. The van der Waals surface area contributed by atoms with Gasteiger partial charge in [0.05, 0.1) is 18.8 Å². The number of aryl methyl sites for hydroxylation is 1. The second kappa shape index (κ2) is 11.4. The number of rotatable bonds is 7. The summed E-state index contributed by atoms with van der Waals surface area (Å²) < 4.78 is 46.8. The van der Waals surface area contributed by atoms with Crippen LogP contribution in [0.1, 0.15) is 32.6 Å². The number of pyridine rings is 1. The van der Waals surface area contributed by atoms with Crippen LogP contribution >= 0.6 is 0 Å². The molecule has 1 N–H and O–H groups in total. The van der Waals surface area contributed by atoms with Crippen molar-refractivity contribution in [3.05, 3.63) is 94.8 Å². The number of alkyl halides is 3. The van der Waals surface area contributed by atoms with Gasteiger partial charge in [-0.25, -0.2) is 0 Å². The van der Waals surface area contributed by atoms with E-state index >= 15 is 0 Å². The number of aromatic nitrogens is 1. The standard InChI is InChI=1S/C28H26F3N3O3/c1-19-4-7-22(17-24(19)33-27(36)9-6-20-3-2-10-32-18-20)26(35)16-21-5-8-25(23(15-21)28(29,30)31)34-11-13-37-14-12-34/h2-10,15,17-18H,11-14,16H2,1H3,(H,33,36)/b9-6+. The summed E-state index contributed by atoms with van der Waals surface area (Å²) in [6.45, 7) is 3.26. The van der Waals surface area contributed by atoms with Crippen molar-refractivity contribution in [2.45, 2.75) is 19.5 Å². The van der Waals surface area contributed by atoms with Crippen molar-refractivity contribution in [1.82, 2.24) is 4.98 Å². The highest BCUT2D eigenvalue weighted by Gasteiger charge is 2.35. The summed E-state index contributed by atoms with van der Waals surface area (Å²) >= 11 is 0. The predicted molar refractivity (Wildman–Crippen MR) is 136 cm³/mol. The van der Waals surface area contributed by atoms with Crippen LogP contribution in [0, 0.1) is 6.92 Å². The number of nitrogens with zero attached hydrogens (tertiary/aromatic N) is 2. The zero-order chi connectivity index (χ0) is 26.4. The van der Waals surface area contributed by atoms with E-state index in [1.807, 2.05) is 0 Å². The largest absolute Gasteiger partial charge is 0.418 e. The number of halogens is 3. The van der Waals surface area contributed by atoms with Gasteiger partial charge in [0.25, 0.3) is 0 Å². The molecule has 1 amide bonds. The lowest BCUT2D eigenvalue weighted by atomic mass is 9.98. The van der Waals surface area contributed by atoms with E-state index < -0.39 is 11.7 Å². The summed E-state index contributed by atoms with van der Waals surface area (Å²) in [5.41, 5.74) is 1.84. The van der Waals surface area contributed by atoms with Gasteiger partial charge in [-0.1, -0.05) is 24.3 Å². The fourth-order valence-corrected chi connectivity index (χ4v) is 4.04. The average Bonchev–Trinajstić information content (AvgIpc) is 2.89. The summed E-state index contributed by atoms with van der Waals surface area (Å²) in [5, 5.41) is 2.75. The minimum Gasteiger partial charge on any atom is -0.378 e. The molecule has 3 aromatic rings. The molecule has 0 unspecified atom stereocenters. The highest BCUT2D eigenvalue weighted by Crippen LogP contribution is 2.38. The number of nitrogens with one attached hydrogen (secondary N) is 1. The molecule has 0 atom stereocenters. The molecule has 192 valence electrons. The number of carbonyl (C=O) groups excluding carboxylic acids is 2. The first kappa shape index (κ1) is 26.1. The molecule has 1 aliphatic heterocycles. The molecular formula is C28H26F3N3O3. The van der Waals surface area contributed by atoms with E-state index in [1.165, 1.54) is 12.1 Å². The van der Waals surface area contributed by atoms with E-state index in [4.69, 9.17) is 4.74 Å². The zero-order valence-electron chi connectivity index (χ0n) is 20.2. The quantitative estimate of drug-likeness (QED) is 0.345. The van der Waals surface area contributed by atoms with E-state index in [-0.39, 0.29) is 29.4 Å². The summed E-state index contributed by atoms with van der Waals surface area (Å²) in [7, 11) is 0. The number of amides is 1. The van der Waals surface area contributed by atoms with Gasteiger partial charge < -0.3 is 15.0 Å². The molecular weight excluding hydrogens is 483 g/mol. The van der Waals surface area contributed by atoms with Gasteiger partial charge in [-0.05, 0) is 54.0 Å². The van der Waals surface area contributed by atoms with Crippen molar-refractivity contribution in [1.29, 1.82) is 0 Å². The molecule has 37 heavy (non-hydrogen) atoms. The molecule has 2 heterocycles. The number of morpholine rings is 1. The van der Waals surface area contributed by atoms with Gasteiger partial charge in [-0.15, -0.1) is 0 Å². The van der Waals surface area contributed by atoms with E-state index in [0.29, 0.717) is 37.6 Å². The number of ether oxygens (including phenoxy) is 1. The second-order valence-electron chi connectivity index (χ2n) is 8.69. The molecule has 9 heteroatoms. The maximum absolute atomic E-state index is 13.8. The third-order valence-electron chi connectivity index (χ3n) is 6.01. The highest BCUT2D eigenvalue weighted by molar-refractivity contribution is 6.04. The fourth-order valence-electron chi connectivity index (χ4n) is 4.04. The minimum atomic E-state index is -4.56. The van der Waals surface area contributed by atoms with Crippen LogP contribution in [0.3, 0.4) is 0 Å². The van der Waals surface area contributed by atoms with Crippen LogP contribution in [0.25, 0.3) is 6.08 Å². The van der Waals surface area contributed by atoms with Crippen LogP contribution in [0.5, 0.6) is 0 Å². The number of Topliss-reactive ketones (excluding diaryl/α,β-unsaturated/α-hetero) is 1. The van der Waals surface area contributed by atoms with E-state index in [0.717, 1.165) is 17.2 Å². The lowest BCUT2D eigenvalue weighted by molar-refractivity contribution is -0.137. The van der Waals surface area contributed by atoms with Crippen LogP contribution in [0.2, 0.25) is 0 Å². The first-order valence-electron chi connectivity index (χ1n) is 11.8. The lowest BCUT2D eigenvalue weighted by Crippen LogP contribution is -2.37. The normalized spacial score (nSPS) is 14.1. The first-order valence-corrected chi connectivity index (χ1v) is 11.8. The molecule has 1 aliphatic rings. The molecule has 1 aromatic heterocycles. The van der Waals surface area contributed by atoms with Gasteiger partial charge in [-0.2, -0.15) is 13.2 Å². The summed E-state index contributed by atoms with van der Waals surface area (Å²) in [6, 6.07) is 12.4. The molecule has 0 aliphatic carbocycles. The zero-order valence-corrected chi connectivity index (χ0v) is 20.2. The number of hydrogen-bond donors (Lipinski definition) is 1. The summed E-state index contributed by atoms with van der Waals surface area (Å²) in [4.78, 5) is 31.0. The van der Waals surface area contributed by atoms with Crippen LogP contribution < -0.4 is 10.2 Å². The van der Waals surface area contributed by atoms with Crippen LogP contribution in [0.15, 0.2) is 67.0 Å². The first-order chi connectivity index (χ1) is 17.7. The van der Waals surface area contributed by atoms with Gasteiger partial charge in [0.1, 0.15) is 0 Å². The third-order valence-corrected chi connectivity index (χ3v) is 6.01. The van der Waals surface area contributed by atoms with E-state index in [2.05, 4.69) is 10.3 Å². The molecule has 0 radical (unpaired) electrons. The predicted octanol–water partition coefficient (Wildman–Crippen LogP) is 5.32. The van der Waals surface area contributed by atoms with Crippen molar-refractivity contribution in [3.8, 4) is 0 Å². The number of benzene rings is 2. The number of ketones is 1. The van der Waals surface area contributed by atoms with Crippen LogP contribution in [-0.4, -0.2) is 43.0 Å². The Morgan fingerprint density at radius 3 is 2.59 bits per heavy atom. The topological polar surface area (TPSA) is 71.5 Å². The number of anilines is 2. The Balaban J connectivity index is 1.49. The minimum absolute atomic E-state index is 0.0895. The van der Waals surface area contributed by atoms with Gasteiger partial charge in [0.15, 0.2) is 5.78 Å². The molecule has 6 nitrogen and oxygen atoms in total. The van der Waals surface area contributed by atoms with E-state index in [1.54, 1.807) is 66.7 Å². The van der Waals surface area contributed by atoms with Crippen LogP contribution in [0.4, 0.5) is 24.5 Å². The van der Waals surface area contributed by atoms with Crippen molar-refractivity contribution in [3.63, 3.8) is 0 Å². The van der Waals surface area contributed by atoms with Gasteiger partial charge >= 0.3 is 6.18 Å². The molecule has 4 rings (SSSR count). The number of carbonyl (C=O) groups is 2. The van der Waals surface area contributed by atoms with E-state index in [9.17, 15) is 22.8 Å². The average molecular weight is 510 g/mol. The SMILES string of the molecule is Cc1ccc(C(=O)Cc2ccc(N3CCOCC3)c(C(F)(F)F)c2)cc1NC(=O)/C=C/c1cccnc1. The molecule has 0 spiro atoms. The Labute approximate surface area is 212 Å². The molecule has 2 aromatic carbocycles. The lowest BCUT2D eigenvalue weighted by Gasteiger charge is -2.31. The Kier molecular flexibility index (Phi) is 8.03. The maximum Gasteiger partial charge on any atom is 0.418 e. The summed E-state index contributed by atoms with van der Waals surface area (Å²) in [6.07, 6.45) is 1.46. The summed E-state index contributed by atoms with van der Waals surface area (Å²) in [5.74, 6) is -0.737. The van der Waals surface area contributed by atoms with Gasteiger partial charge in [-0.3, -0.25) is 14.6 Å². The Morgan fingerprint density at radius 1 is 1.11 bits per heavy atom. The molecule has 0 bridgehead atoms. The van der Waals surface area contributed by atoms with Crippen molar-refractivity contribution in [2.75, 3.05) is 36.5 Å². The Hall–Kier alpha value is -3.98. The monoisotopic (exact) mass is 509 g/mol. The van der Waals surface area contributed by atoms with Gasteiger partial charge in [0.2, 0.25) is 5.91 Å². The van der Waals surface area contributed by atoms with Crippen molar-refractivity contribution in [2.24, 2.45) is 0 Å². The highest BCUT2D eigenvalue weighted by atomic mass is 19.4. The molecule has 1 fully saturated rings. The van der Waals surface area contributed by atoms with Gasteiger partial charge in [0, 0.05) is 54.9 Å². The van der Waals surface area contributed by atoms with Crippen molar-refractivity contribution >= 4 is 29.1 Å². The number of hydrogen-bond acceptors (Lipinski definition) is 5. The smallest absolute Gasteiger partial charge is 0.378 e. The second-order valence-corrected chi connectivity index (χ2v) is 8.69. The Bertz CT molecular complexity index is 1300. The molecule has 1 saturated heterocycles. The Morgan fingerprint density at radius 2 is 1.89 bits per heavy atom. The molecule has 0 saturated carbocycles.